The van der Waals surface area contributed by atoms with Crippen LogP contribution in [0.4, 0.5) is 11.4 Å². The molecule has 2 aromatic carbocycles. The van der Waals surface area contributed by atoms with Gasteiger partial charge in [-0.05, 0) is 61.7 Å². The van der Waals surface area contributed by atoms with E-state index in [1.54, 1.807) is 39.8 Å². The lowest BCUT2D eigenvalue weighted by atomic mass is 10.1. The summed E-state index contributed by atoms with van der Waals surface area (Å²) >= 11 is 1.57. The number of amides is 3. The standard InChI is InChI=1S/C23H25N3O3S/c1-15-8-9-18(11-16(15)2)24-22(28)20-13-30-14-26(20)23(29)17-5-3-6-19(12-17)25-10-4-7-21(25)27/h3,5-6,8-9,11-12,20H,4,7,10,13-14H2,1-2H3,(H,24,28). The number of nitrogens with zero attached hydrogens (tertiary/aromatic N) is 2. The van der Waals surface area contributed by atoms with Crippen LogP contribution in [0.1, 0.15) is 34.3 Å². The van der Waals surface area contributed by atoms with Gasteiger partial charge >= 0.3 is 0 Å². The highest BCUT2D eigenvalue weighted by atomic mass is 32.2. The van der Waals surface area contributed by atoms with Crippen LogP contribution in [-0.4, -0.2) is 46.8 Å². The summed E-state index contributed by atoms with van der Waals surface area (Å²) in [7, 11) is 0. The molecule has 0 radical (unpaired) electrons. The fourth-order valence-corrected chi connectivity index (χ4v) is 4.95. The maximum Gasteiger partial charge on any atom is 0.255 e. The van der Waals surface area contributed by atoms with E-state index in [1.165, 1.54) is 0 Å². The summed E-state index contributed by atoms with van der Waals surface area (Å²) in [5, 5.41) is 2.95. The number of thioether (sulfide) groups is 1. The van der Waals surface area contributed by atoms with Crippen molar-refractivity contribution in [2.75, 3.05) is 28.4 Å². The molecule has 0 aromatic heterocycles. The quantitative estimate of drug-likeness (QED) is 0.816. The van der Waals surface area contributed by atoms with Crippen LogP contribution in [0.25, 0.3) is 0 Å². The second kappa shape index (κ2) is 8.52. The van der Waals surface area contributed by atoms with Crippen molar-refractivity contribution in [3.05, 3.63) is 59.2 Å². The van der Waals surface area contributed by atoms with Gasteiger partial charge < -0.3 is 15.1 Å². The Hall–Kier alpha value is -2.80. The summed E-state index contributed by atoms with van der Waals surface area (Å²) < 4.78 is 0. The first-order chi connectivity index (χ1) is 14.4. The van der Waals surface area contributed by atoms with Gasteiger partial charge in [0.15, 0.2) is 0 Å². The number of nitrogens with one attached hydrogen (secondary N) is 1. The van der Waals surface area contributed by atoms with E-state index in [-0.39, 0.29) is 17.7 Å². The van der Waals surface area contributed by atoms with Gasteiger partial charge in [0.05, 0.1) is 5.88 Å². The minimum absolute atomic E-state index is 0.0852. The van der Waals surface area contributed by atoms with Gasteiger partial charge in [-0.2, -0.15) is 0 Å². The van der Waals surface area contributed by atoms with Gasteiger partial charge in [-0.1, -0.05) is 12.1 Å². The Kier molecular flexibility index (Phi) is 5.81. The zero-order chi connectivity index (χ0) is 21.3. The Morgan fingerprint density at radius 3 is 2.67 bits per heavy atom. The molecule has 0 aliphatic carbocycles. The average Bonchev–Trinajstić information content (AvgIpc) is 3.39. The number of carbonyl (C=O) groups is 3. The Labute approximate surface area is 180 Å². The fraction of sp³-hybridized carbons (Fsp3) is 0.348. The van der Waals surface area contributed by atoms with Gasteiger partial charge in [0.1, 0.15) is 6.04 Å². The fourth-order valence-electron chi connectivity index (χ4n) is 3.80. The largest absolute Gasteiger partial charge is 0.324 e. The highest BCUT2D eigenvalue weighted by molar-refractivity contribution is 7.99. The van der Waals surface area contributed by atoms with E-state index < -0.39 is 6.04 Å². The normalized spacial score (nSPS) is 18.7. The monoisotopic (exact) mass is 423 g/mol. The minimum Gasteiger partial charge on any atom is -0.324 e. The predicted octanol–water partition coefficient (Wildman–Crippen LogP) is 3.58. The van der Waals surface area contributed by atoms with E-state index in [4.69, 9.17) is 0 Å². The molecule has 0 bridgehead atoms. The smallest absolute Gasteiger partial charge is 0.255 e. The molecule has 2 saturated heterocycles. The number of rotatable bonds is 4. The van der Waals surface area contributed by atoms with E-state index in [1.807, 2.05) is 38.1 Å². The molecule has 7 heteroatoms. The number of carbonyl (C=O) groups excluding carboxylic acids is 3. The van der Waals surface area contributed by atoms with Crippen LogP contribution >= 0.6 is 11.8 Å². The molecule has 2 aromatic rings. The first-order valence-electron chi connectivity index (χ1n) is 10.1. The third kappa shape index (κ3) is 4.07. The van der Waals surface area contributed by atoms with Crippen molar-refractivity contribution in [2.24, 2.45) is 0 Å². The maximum atomic E-state index is 13.2. The molecule has 2 aliphatic rings. The number of hydrogen-bond acceptors (Lipinski definition) is 4. The summed E-state index contributed by atoms with van der Waals surface area (Å²) in [5.41, 5.74) is 4.25. The molecular formula is C23H25N3O3S. The number of benzene rings is 2. The third-order valence-electron chi connectivity index (χ3n) is 5.70. The van der Waals surface area contributed by atoms with Crippen LogP contribution in [0.15, 0.2) is 42.5 Å². The van der Waals surface area contributed by atoms with Crippen LogP contribution in [0.5, 0.6) is 0 Å². The molecule has 1 unspecified atom stereocenters. The van der Waals surface area contributed by atoms with Gasteiger partial charge in [0.2, 0.25) is 11.8 Å². The lowest BCUT2D eigenvalue weighted by Crippen LogP contribution is -2.44. The lowest BCUT2D eigenvalue weighted by Gasteiger charge is -2.24. The van der Waals surface area contributed by atoms with Gasteiger partial charge in [-0.25, -0.2) is 0 Å². The van der Waals surface area contributed by atoms with Gasteiger partial charge in [0.25, 0.3) is 5.91 Å². The number of hydrogen-bond donors (Lipinski definition) is 1. The summed E-state index contributed by atoms with van der Waals surface area (Å²) in [5.74, 6) is 0.752. The third-order valence-corrected chi connectivity index (χ3v) is 6.71. The van der Waals surface area contributed by atoms with Gasteiger partial charge in [-0.3, -0.25) is 14.4 Å². The van der Waals surface area contributed by atoms with Gasteiger partial charge in [0, 0.05) is 35.7 Å². The molecule has 156 valence electrons. The summed E-state index contributed by atoms with van der Waals surface area (Å²) in [4.78, 5) is 41.5. The van der Waals surface area contributed by atoms with Crippen molar-refractivity contribution in [2.45, 2.75) is 32.7 Å². The van der Waals surface area contributed by atoms with Crippen molar-refractivity contribution in [1.29, 1.82) is 0 Å². The zero-order valence-electron chi connectivity index (χ0n) is 17.2. The van der Waals surface area contributed by atoms with Crippen LogP contribution in [-0.2, 0) is 9.59 Å². The Morgan fingerprint density at radius 1 is 1.10 bits per heavy atom. The maximum absolute atomic E-state index is 13.2. The van der Waals surface area contributed by atoms with E-state index in [0.717, 1.165) is 28.9 Å². The van der Waals surface area contributed by atoms with Crippen molar-refractivity contribution < 1.29 is 14.4 Å². The second-order valence-electron chi connectivity index (χ2n) is 7.78. The molecule has 6 nitrogen and oxygen atoms in total. The Balaban J connectivity index is 1.50. The van der Waals surface area contributed by atoms with Crippen LogP contribution in [0.3, 0.4) is 0 Å². The van der Waals surface area contributed by atoms with Crippen LogP contribution < -0.4 is 10.2 Å². The summed E-state index contributed by atoms with van der Waals surface area (Å²) in [6.07, 6.45) is 1.38. The van der Waals surface area contributed by atoms with Crippen LogP contribution in [0, 0.1) is 13.8 Å². The number of anilines is 2. The molecule has 1 atom stereocenters. The van der Waals surface area contributed by atoms with Gasteiger partial charge in [-0.15, -0.1) is 11.8 Å². The SMILES string of the molecule is Cc1ccc(NC(=O)C2CSCN2C(=O)c2cccc(N3CCCC3=O)c2)cc1C. The molecule has 2 fully saturated rings. The van der Waals surface area contributed by atoms with E-state index in [9.17, 15) is 14.4 Å². The number of aryl methyl sites for hydroxylation is 2. The van der Waals surface area contributed by atoms with Crippen molar-refractivity contribution in [3.8, 4) is 0 Å². The summed E-state index contributed by atoms with van der Waals surface area (Å²) in [6.45, 7) is 4.71. The average molecular weight is 424 g/mol. The molecule has 1 N–H and O–H groups in total. The first-order valence-corrected chi connectivity index (χ1v) is 11.3. The van der Waals surface area contributed by atoms with Crippen LogP contribution in [0.2, 0.25) is 0 Å². The topological polar surface area (TPSA) is 69.7 Å². The highest BCUT2D eigenvalue weighted by Gasteiger charge is 2.35. The summed E-state index contributed by atoms with van der Waals surface area (Å²) in [6, 6.07) is 12.4. The van der Waals surface area contributed by atoms with Crippen molar-refractivity contribution in [3.63, 3.8) is 0 Å². The minimum atomic E-state index is -0.527. The predicted molar refractivity (Wildman–Crippen MR) is 120 cm³/mol. The first kappa shape index (κ1) is 20.5. The van der Waals surface area contributed by atoms with E-state index in [2.05, 4.69) is 5.32 Å². The second-order valence-corrected chi connectivity index (χ2v) is 8.78. The molecular weight excluding hydrogens is 398 g/mol. The molecule has 0 spiro atoms. The molecule has 4 rings (SSSR count). The van der Waals surface area contributed by atoms with Crippen molar-refractivity contribution >= 4 is 40.9 Å². The molecule has 30 heavy (non-hydrogen) atoms. The van der Waals surface area contributed by atoms with E-state index in [0.29, 0.717) is 30.2 Å². The molecule has 3 amide bonds. The lowest BCUT2D eigenvalue weighted by molar-refractivity contribution is -0.119. The molecule has 2 aliphatic heterocycles. The Bertz CT molecular complexity index is 1010. The zero-order valence-corrected chi connectivity index (χ0v) is 18.0. The molecule has 0 saturated carbocycles. The Morgan fingerprint density at radius 2 is 1.93 bits per heavy atom. The highest BCUT2D eigenvalue weighted by Crippen LogP contribution is 2.27. The molecule has 2 heterocycles. The van der Waals surface area contributed by atoms with Crippen molar-refractivity contribution in [1.82, 2.24) is 4.90 Å². The van der Waals surface area contributed by atoms with E-state index >= 15 is 0 Å².